The van der Waals surface area contributed by atoms with Crippen molar-refractivity contribution in [1.29, 1.82) is 5.26 Å². The summed E-state index contributed by atoms with van der Waals surface area (Å²) < 4.78 is 5.61. The zero-order chi connectivity index (χ0) is 19.4. The zero-order valence-corrected chi connectivity index (χ0v) is 15.8. The second-order valence-electron chi connectivity index (χ2n) is 6.24. The van der Waals surface area contributed by atoms with E-state index < -0.39 is 11.9 Å². The van der Waals surface area contributed by atoms with Gasteiger partial charge in [0.25, 0.3) is 0 Å². The van der Waals surface area contributed by atoms with E-state index in [1.165, 1.54) is 0 Å². The van der Waals surface area contributed by atoms with E-state index in [4.69, 9.17) is 15.7 Å². The van der Waals surface area contributed by atoms with E-state index in [1.54, 1.807) is 40.9 Å². The number of nitrogens with two attached hydrogens (primary N) is 1. The van der Waals surface area contributed by atoms with E-state index in [9.17, 15) is 9.59 Å². The first-order valence-electron chi connectivity index (χ1n) is 8.66. The van der Waals surface area contributed by atoms with Crippen LogP contribution in [-0.4, -0.2) is 46.0 Å². The fraction of sp³-hybridized carbons (Fsp3) is 0.368. The van der Waals surface area contributed by atoms with Crippen LogP contribution in [0.5, 0.6) is 5.75 Å². The Morgan fingerprint density at radius 1 is 1.44 bits per heavy atom. The normalized spacial score (nSPS) is 16.3. The number of rotatable bonds is 6. The van der Waals surface area contributed by atoms with Crippen LogP contribution in [0.2, 0.25) is 0 Å². The number of aromatic nitrogens is 1. The third-order valence-electron chi connectivity index (χ3n) is 4.26. The van der Waals surface area contributed by atoms with E-state index in [1.807, 2.05) is 6.92 Å². The van der Waals surface area contributed by atoms with E-state index in [0.717, 1.165) is 6.42 Å². The lowest BCUT2D eigenvalue weighted by atomic mass is 10.1. The molecule has 7 nitrogen and oxygen atoms in total. The van der Waals surface area contributed by atoms with Gasteiger partial charge in [-0.2, -0.15) is 5.26 Å². The molecule has 0 radical (unpaired) electrons. The first kappa shape index (κ1) is 19.0. The quantitative estimate of drug-likeness (QED) is 0.817. The molecule has 3 rings (SSSR count). The van der Waals surface area contributed by atoms with E-state index in [2.05, 4.69) is 11.1 Å². The van der Waals surface area contributed by atoms with Gasteiger partial charge in [-0.05, 0) is 30.7 Å². The molecule has 2 amide bonds. The number of fused-ring (bicyclic) bond motifs is 1. The SMILES string of the molecule is CCCOc1ccc2nc(CC(=O)N3CSCC3C#N)cc(C(N)=O)c2c1. The summed E-state index contributed by atoms with van der Waals surface area (Å²) in [5.74, 6) is 0.974. The minimum Gasteiger partial charge on any atom is -0.494 e. The number of hydrogen-bond donors (Lipinski definition) is 1. The molecule has 2 heterocycles. The van der Waals surface area contributed by atoms with Gasteiger partial charge in [-0.3, -0.25) is 14.6 Å². The Balaban J connectivity index is 1.91. The predicted molar refractivity (Wildman–Crippen MR) is 103 cm³/mol. The van der Waals surface area contributed by atoms with Crippen LogP contribution >= 0.6 is 11.8 Å². The smallest absolute Gasteiger partial charge is 0.249 e. The first-order valence-corrected chi connectivity index (χ1v) is 9.82. The minimum absolute atomic E-state index is 0.0169. The van der Waals surface area contributed by atoms with Gasteiger partial charge in [0.2, 0.25) is 11.8 Å². The molecule has 2 N–H and O–H groups in total. The van der Waals surface area contributed by atoms with Crippen molar-refractivity contribution in [3.8, 4) is 11.8 Å². The zero-order valence-electron chi connectivity index (χ0n) is 15.0. The van der Waals surface area contributed by atoms with Crippen molar-refractivity contribution in [3.05, 3.63) is 35.5 Å². The molecule has 1 unspecified atom stereocenters. The lowest BCUT2D eigenvalue weighted by molar-refractivity contribution is -0.130. The average Bonchev–Trinajstić information content (AvgIpc) is 3.14. The summed E-state index contributed by atoms with van der Waals surface area (Å²) in [6.45, 7) is 2.59. The maximum absolute atomic E-state index is 12.6. The Morgan fingerprint density at radius 3 is 2.96 bits per heavy atom. The summed E-state index contributed by atoms with van der Waals surface area (Å²) in [7, 11) is 0. The Bertz CT molecular complexity index is 925. The fourth-order valence-electron chi connectivity index (χ4n) is 2.92. The summed E-state index contributed by atoms with van der Waals surface area (Å²) in [4.78, 5) is 30.5. The number of carbonyl (C=O) groups excluding carboxylic acids is 2. The number of amides is 2. The van der Waals surface area contributed by atoms with Crippen LogP contribution in [-0.2, 0) is 11.2 Å². The number of thioether (sulfide) groups is 1. The Morgan fingerprint density at radius 2 is 2.26 bits per heavy atom. The number of benzene rings is 1. The molecule has 2 aromatic rings. The standard InChI is InChI=1S/C19H20N4O3S/c1-2-5-26-14-3-4-17-15(8-14)16(19(21)25)6-12(22-17)7-18(24)23-11-27-10-13(23)9-20/h3-4,6,8,13H,2,5,7,10-11H2,1H3,(H2,21,25). The van der Waals surface area contributed by atoms with Crippen LogP contribution in [0.1, 0.15) is 29.4 Å². The topological polar surface area (TPSA) is 109 Å². The molecule has 1 aliphatic heterocycles. The van der Waals surface area contributed by atoms with Crippen molar-refractivity contribution in [2.75, 3.05) is 18.2 Å². The molecule has 1 aromatic carbocycles. The molecular formula is C19H20N4O3S. The molecule has 0 spiro atoms. The summed E-state index contributed by atoms with van der Waals surface area (Å²) in [5.41, 5.74) is 6.88. The van der Waals surface area contributed by atoms with Gasteiger partial charge in [0.1, 0.15) is 11.8 Å². The van der Waals surface area contributed by atoms with Crippen molar-refractivity contribution in [1.82, 2.24) is 9.88 Å². The minimum atomic E-state index is -0.588. The number of hydrogen-bond acceptors (Lipinski definition) is 6. The monoisotopic (exact) mass is 384 g/mol. The number of nitrogens with zero attached hydrogens (tertiary/aromatic N) is 3. The second kappa shape index (κ2) is 8.27. The summed E-state index contributed by atoms with van der Waals surface area (Å²) in [6, 6.07) is 8.55. The van der Waals surface area contributed by atoms with Gasteiger partial charge in [-0.25, -0.2) is 0 Å². The molecule has 0 aliphatic carbocycles. The maximum Gasteiger partial charge on any atom is 0.249 e. The van der Waals surface area contributed by atoms with Crippen LogP contribution in [0.25, 0.3) is 10.9 Å². The Labute approximate surface area is 161 Å². The third kappa shape index (κ3) is 4.14. The second-order valence-corrected chi connectivity index (χ2v) is 7.24. The van der Waals surface area contributed by atoms with Crippen molar-refractivity contribution < 1.29 is 14.3 Å². The van der Waals surface area contributed by atoms with Crippen molar-refractivity contribution >= 4 is 34.5 Å². The number of pyridine rings is 1. The van der Waals surface area contributed by atoms with Crippen molar-refractivity contribution in [3.63, 3.8) is 0 Å². The average molecular weight is 384 g/mol. The molecule has 1 fully saturated rings. The molecule has 27 heavy (non-hydrogen) atoms. The number of ether oxygens (including phenoxy) is 1. The van der Waals surface area contributed by atoms with E-state index in [0.29, 0.717) is 46.1 Å². The van der Waals surface area contributed by atoms with Crippen molar-refractivity contribution in [2.24, 2.45) is 5.73 Å². The van der Waals surface area contributed by atoms with E-state index >= 15 is 0 Å². The number of primary amides is 1. The molecule has 1 saturated heterocycles. The van der Waals surface area contributed by atoms with Gasteiger partial charge in [-0.1, -0.05) is 6.92 Å². The molecule has 140 valence electrons. The van der Waals surface area contributed by atoms with Gasteiger partial charge < -0.3 is 15.4 Å². The summed E-state index contributed by atoms with van der Waals surface area (Å²) in [6.07, 6.45) is 0.890. The molecule has 8 heteroatoms. The highest BCUT2D eigenvalue weighted by Gasteiger charge is 2.29. The van der Waals surface area contributed by atoms with Crippen LogP contribution in [0, 0.1) is 11.3 Å². The van der Waals surface area contributed by atoms with Crippen LogP contribution < -0.4 is 10.5 Å². The van der Waals surface area contributed by atoms with Crippen LogP contribution in [0.4, 0.5) is 0 Å². The third-order valence-corrected chi connectivity index (χ3v) is 5.27. The number of nitriles is 1. The summed E-state index contributed by atoms with van der Waals surface area (Å²) in [5, 5.41) is 9.75. The number of carbonyl (C=O) groups is 2. The Kier molecular flexibility index (Phi) is 5.81. The molecule has 0 saturated carbocycles. The molecule has 1 aliphatic rings. The van der Waals surface area contributed by atoms with Crippen LogP contribution in [0.3, 0.4) is 0 Å². The molecule has 1 aromatic heterocycles. The van der Waals surface area contributed by atoms with Gasteiger partial charge in [-0.15, -0.1) is 11.8 Å². The predicted octanol–water partition coefficient (Wildman–Crippen LogP) is 2.09. The highest BCUT2D eigenvalue weighted by molar-refractivity contribution is 7.99. The lowest BCUT2D eigenvalue weighted by Crippen LogP contribution is -2.36. The molecular weight excluding hydrogens is 364 g/mol. The van der Waals surface area contributed by atoms with Gasteiger partial charge in [0.15, 0.2) is 0 Å². The molecule has 1 atom stereocenters. The molecule has 0 bridgehead atoms. The highest BCUT2D eigenvalue weighted by atomic mass is 32.2. The van der Waals surface area contributed by atoms with Crippen molar-refractivity contribution in [2.45, 2.75) is 25.8 Å². The highest BCUT2D eigenvalue weighted by Crippen LogP contribution is 2.25. The van der Waals surface area contributed by atoms with E-state index in [-0.39, 0.29) is 12.3 Å². The van der Waals surface area contributed by atoms with Gasteiger partial charge in [0, 0.05) is 11.1 Å². The Hall–Kier alpha value is -2.79. The largest absolute Gasteiger partial charge is 0.494 e. The maximum atomic E-state index is 12.6. The fourth-order valence-corrected chi connectivity index (χ4v) is 4.02. The lowest BCUT2D eigenvalue weighted by Gasteiger charge is -2.18. The summed E-state index contributed by atoms with van der Waals surface area (Å²) >= 11 is 1.55. The van der Waals surface area contributed by atoms with Gasteiger partial charge in [0.05, 0.1) is 41.7 Å². The first-order chi connectivity index (χ1) is 13.0. The van der Waals surface area contributed by atoms with Gasteiger partial charge >= 0.3 is 0 Å². The van der Waals surface area contributed by atoms with Crippen LogP contribution in [0.15, 0.2) is 24.3 Å².